The third-order valence-electron chi connectivity index (χ3n) is 2.57. The molecule has 1 unspecified atom stereocenters. The summed E-state index contributed by atoms with van der Waals surface area (Å²) in [5.74, 6) is -1.72. The summed E-state index contributed by atoms with van der Waals surface area (Å²) in [7, 11) is 0. The van der Waals surface area contributed by atoms with E-state index in [4.69, 9.17) is 4.74 Å². The Balaban J connectivity index is 2.73. The van der Waals surface area contributed by atoms with Crippen molar-refractivity contribution in [3.05, 3.63) is 35.4 Å². The van der Waals surface area contributed by atoms with Crippen LogP contribution in [-0.2, 0) is 16.1 Å². The number of carbonyl (C=O) groups excluding carboxylic acids is 1. The van der Waals surface area contributed by atoms with Crippen LogP contribution in [0.5, 0.6) is 0 Å². The van der Waals surface area contributed by atoms with Gasteiger partial charge in [0.2, 0.25) is 0 Å². The second-order valence-electron chi connectivity index (χ2n) is 5.82. The van der Waals surface area contributed by atoms with Crippen LogP contribution in [0, 0.1) is 17.0 Å². The Bertz CT molecular complexity index is 454. The van der Waals surface area contributed by atoms with Crippen molar-refractivity contribution in [2.75, 3.05) is 0 Å². The van der Waals surface area contributed by atoms with Gasteiger partial charge in [-0.05, 0) is 29.5 Å². The van der Waals surface area contributed by atoms with Crippen LogP contribution >= 0.6 is 12.8 Å². The van der Waals surface area contributed by atoms with Crippen LogP contribution in [0.4, 0.5) is 8.78 Å². The van der Waals surface area contributed by atoms with E-state index >= 15 is 0 Å². The molecule has 0 aliphatic heterocycles. The Morgan fingerprint density at radius 1 is 1.30 bits per heavy atom. The van der Waals surface area contributed by atoms with Gasteiger partial charge >= 0.3 is 0 Å². The molecule has 20 heavy (non-hydrogen) atoms. The van der Waals surface area contributed by atoms with E-state index in [0.717, 1.165) is 6.07 Å². The van der Waals surface area contributed by atoms with Crippen LogP contribution in [-0.4, -0.2) is 12.0 Å². The molecule has 0 aliphatic carbocycles. The van der Waals surface area contributed by atoms with Gasteiger partial charge in [0, 0.05) is 6.07 Å². The Morgan fingerprint density at radius 2 is 1.85 bits per heavy atom. The maximum atomic E-state index is 13.1. The number of thiol groups is 1. The molecule has 6 heteroatoms. The number of rotatable bonds is 5. The lowest BCUT2D eigenvalue weighted by atomic mass is 9.89. The van der Waals surface area contributed by atoms with E-state index in [1.165, 1.54) is 12.1 Å². The standard InChI is InChI=1S/C14H19F2NO2S/c1-14(2,3)7-12(13(18)17-20)19-8-9-4-10(15)6-11(16)5-9/h4-6,12,20H,7-8H2,1-3H3,(H,17,18). The molecule has 1 atom stereocenters. The highest BCUT2D eigenvalue weighted by Crippen LogP contribution is 2.23. The average molecular weight is 303 g/mol. The van der Waals surface area contributed by atoms with Gasteiger partial charge in [-0.1, -0.05) is 33.6 Å². The number of hydrogen-bond acceptors (Lipinski definition) is 3. The number of benzene rings is 1. The summed E-state index contributed by atoms with van der Waals surface area (Å²) in [6.07, 6.45) is -0.254. The largest absolute Gasteiger partial charge is 0.364 e. The molecule has 1 aromatic rings. The van der Waals surface area contributed by atoms with Crippen molar-refractivity contribution >= 4 is 18.7 Å². The maximum absolute atomic E-state index is 13.1. The molecule has 0 saturated carbocycles. The molecule has 0 bridgehead atoms. The lowest BCUT2D eigenvalue weighted by molar-refractivity contribution is -0.133. The first kappa shape index (κ1) is 16.9. The summed E-state index contributed by atoms with van der Waals surface area (Å²) < 4.78 is 33.8. The van der Waals surface area contributed by atoms with Crippen LogP contribution in [0.15, 0.2) is 18.2 Å². The Labute approximate surface area is 123 Å². The first-order valence-corrected chi connectivity index (χ1v) is 6.66. The summed E-state index contributed by atoms with van der Waals surface area (Å²) in [5.41, 5.74) is 0.214. The van der Waals surface area contributed by atoms with E-state index in [9.17, 15) is 13.6 Å². The van der Waals surface area contributed by atoms with Crippen molar-refractivity contribution in [1.82, 2.24) is 4.72 Å². The molecule has 0 spiro atoms. The smallest absolute Gasteiger partial charge is 0.258 e. The van der Waals surface area contributed by atoms with E-state index in [0.29, 0.717) is 12.0 Å². The van der Waals surface area contributed by atoms with Crippen LogP contribution in [0.1, 0.15) is 32.8 Å². The van der Waals surface area contributed by atoms with Gasteiger partial charge in [-0.3, -0.25) is 4.79 Å². The Hall–Kier alpha value is -1.14. The third-order valence-corrected chi connectivity index (χ3v) is 2.79. The summed E-state index contributed by atoms with van der Waals surface area (Å²) in [5, 5.41) is 0. The highest BCUT2D eigenvalue weighted by molar-refractivity contribution is 7.78. The molecular weight excluding hydrogens is 284 g/mol. The predicted molar refractivity (Wildman–Crippen MR) is 76.1 cm³/mol. The SMILES string of the molecule is CC(C)(C)CC(OCc1cc(F)cc(F)c1)C(=O)NS. The molecule has 0 heterocycles. The van der Waals surface area contributed by atoms with E-state index in [1.807, 2.05) is 20.8 Å². The van der Waals surface area contributed by atoms with E-state index in [-0.39, 0.29) is 17.9 Å². The molecule has 0 aliphatic rings. The molecule has 0 radical (unpaired) electrons. The van der Waals surface area contributed by atoms with Gasteiger partial charge in [0.25, 0.3) is 5.91 Å². The number of amides is 1. The van der Waals surface area contributed by atoms with Crippen molar-refractivity contribution in [2.24, 2.45) is 5.41 Å². The van der Waals surface area contributed by atoms with Gasteiger partial charge < -0.3 is 9.46 Å². The van der Waals surface area contributed by atoms with Crippen molar-refractivity contribution in [2.45, 2.75) is 39.9 Å². The minimum Gasteiger partial charge on any atom is -0.364 e. The zero-order chi connectivity index (χ0) is 15.3. The molecule has 112 valence electrons. The normalized spacial score (nSPS) is 13.1. The fourth-order valence-corrected chi connectivity index (χ4v) is 1.89. The fourth-order valence-electron chi connectivity index (χ4n) is 1.75. The lowest BCUT2D eigenvalue weighted by Gasteiger charge is -2.24. The van der Waals surface area contributed by atoms with Gasteiger partial charge in [0.1, 0.15) is 17.7 Å². The van der Waals surface area contributed by atoms with Crippen LogP contribution in [0.2, 0.25) is 0 Å². The molecule has 0 saturated heterocycles. The van der Waals surface area contributed by atoms with Gasteiger partial charge in [-0.15, -0.1) is 0 Å². The van der Waals surface area contributed by atoms with Gasteiger partial charge in [-0.2, -0.15) is 0 Å². The fraction of sp³-hybridized carbons (Fsp3) is 0.500. The summed E-state index contributed by atoms with van der Waals surface area (Å²) in [6, 6.07) is 3.14. The van der Waals surface area contributed by atoms with E-state index < -0.39 is 17.7 Å². The van der Waals surface area contributed by atoms with E-state index in [1.54, 1.807) is 0 Å². The molecule has 1 N–H and O–H groups in total. The number of carbonyl (C=O) groups is 1. The van der Waals surface area contributed by atoms with Crippen molar-refractivity contribution in [3.8, 4) is 0 Å². The molecule has 0 aromatic heterocycles. The Kier molecular flexibility index (Phi) is 5.95. The second-order valence-corrected chi connectivity index (χ2v) is 6.04. The van der Waals surface area contributed by atoms with Crippen molar-refractivity contribution < 1.29 is 18.3 Å². The lowest BCUT2D eigenvalue weighted by Crippen LogP contribution is -2.34. The molecule has 0 fully saturated rings. The summed E-state index contributed by atoms with van der Waals surface area (Å²) >= 11 is 3.72. The second kappa shape index (κ2) is 7.04. The zero-order valence-corrected chi connectivity index (χ0v) is 12.6. The molecular formula is C14H19F2NO2S. The van der Waals surface area contributed by atoms with Gasteiger partial charge in [0.15, 0.2) is 0 Å². The summed E-state index contributed by atoms with van der Waals surface area (Å²) in [4.78, 5) is 11.7. The minimum atomic E-state index is -0.723. The number of halogens is 2. The molecule has 1 rings (SSSR count). The first-order valence-electron chi connectivity index (χ1n) is 6.22. The summed E-state index contributed by atoms with van der Waals surface area (Å²) in [6.45, 7) is 5.86. The highest BCUT2D eigenvalue weighted by Gasteiger charge is 2.25. The van der Waals surface area contributed by atoms with E-state index in [2.05, 4.69) is 17.5 Å². The van der Waals surface area contributed by atoms with Crippen molar-refractivity contribution in [3.63, 3.8) is 0 Å². The first-order chi connectivity index (χ1) is 9.21. The molecule has 1 amide bonds. The number of hydrogen-bond donors (Lipinski definition) is 2. The zero-order valence-electron chi connectivity index (χ0n) is 11.7. The van der Waals surface area contributed by atoms with Crippen LogP contribution in [0.25, 0.3) is 0 Å². The third kappa shape index (κ3) is 5.88. The van der Waals surface area contributed by atoms with Crippen LogP contribution < -0.4 is 4.72 Å². The van der Waals surface area contributed by atoms with Crippen molar-refractivity contribution in [1.29, 1.82) is 0 Å². The highest BCUT2D eigenvalue weighted by atomic mass is 32.1. The Morgan fingerprint density at radius 3 is 2.30 bits per heavy atom. The maximum Gasteiger partial charge on any atom is 0.258 e. The molecule has 3 nitrogen and oxygen atoms in total. The van der Waals surface area contributed by atoms with Gasteiger partial charge in [-0.25, -0.2) is 8.78 Å². The predicted octanol–water partition coefficient (Wildman–Crippen LogP) is 3.25. The minimum absolute atomic E-state index is 0.0450. The van der Waals surface area contributed by atoms with Crippen LogP contribution in [0.3, 0.4) is 0 Å². The average Bonchev–Trinajstić information content (AvgIpc) is 2.31. The number of nitrogens with one attached hydrogen (secondary N) is 1. The molecule has 1 aromatic carbocycles. The monoisotopic (exact) mass is 303 g/mol. The topological polar surface area (TPSA) is 38.3 Å². The number of ether oxygens (including phenoxy) is 1. The quantitative estimate of drug-likeness (QED) is 0.820. The van der Waals surface area contributed by atoms with Gasteiger partial charge in [0.05, 0.1) is 6.61 Å².